The first-order chi connectivity index (χ1) is 17.2. The molecule has 2 heterocycles. The first-order valence-electron chi connectivity index (χ1n) is 11.1. The van der Waals surface area contributed by atoms with Crippen LogP contribution >= 0.6 is 22.9 Å². The molecule has 0 aliphatic carbocycles. The van der Waals surface area contributed by atoms with Crippen LogP contribution in [0.2, 0.25) is 5.02 Å². The molecule has 0 radical (unpaired) electrons. The van der Waals surface area contributed by atoms with Gasteiger partial charge in [-0.25, -0.2) is 9.79 Å². The summed E-state index contributed by atoms with van der Waals surface area (Å²) in [4.78, 5) is 42.2. The SMILES string of the molecule is CCOC(=O)C1=C(C)N=c2s/c(=C/c3cc([N+](=O)[O-])ccc3Cl)c(=O)n2[C@H]1c1ccc(OCC)cc1. The number of esters is 1. The van der Waals surface area contributed by atoms with Gasteiger partial charge in [-0.15, -0.1) is 0 Å². The summed E-state index contributed by atoms with van der Waals surface area (Å²) in [7, 11) is 0. The second-order valence-electron chi connectivity index (χ2n) is 7.77. The Bertz CT molecular complexity index is 1560. The average Bonchev–Trinajstić information content (AvgIpc) is 3.14. The van der Waals surface area contributed by atoms with Crippen LogP contribution in [0.15, 0.2) is 63.5 Å². The van der Waals surface area contributed by atoms with Gasteiger partial charge in [-0.05, 0) is 50.6 Å². The maximum atomic E-state index is 13.6. The standard InChI is InChI=1S/C25H22ClN3O6S/c1-4-34-18-9-6-15(7-10-18)22-21(24(31)35-5-2)14(3)27-25-28(22)23(30)20(36-25)13-16-12-17(29(32)33)8-11-19(16)26/h6-13,22H,4-5H2,1-3H3/b20-13+/t22-/m0/s1. The average molecular weight is 528 g/mol. The van der Waals surface area contributed by atoms with Gasteiger partial charge in [0, 0.05) is 22.7 Å². The van der Waals surface area contributed by atoms with Gasteiger partial charge in [0.05, 0.1) is 40.0 Å². The van der Waals surface area contributed by atoms with Gasteiger partial charge < -0.3 is 9.47 Å². The van der Waals surface area contributed by atoms with E-state index in [1.807, 2.05) is 6.92 Å². The molecule has 1 aliphatic heterocycles. The third-order valence-electron chi connectivity index (χ3n) is 5.50. The predicted octanol–water partition coefficient (Wildman–Crippen LogP) is 3.76. The van der Waals surface area contributed by atoms with Crippen LogP contribution < -0.4 is 19.6 Å². The highest BCUT2D eigenvalue weighted by molar-refractivity contribution is 7.07. The summed E-state index contributed by atoms with van der Waals surface area (Å²) >= 11 is 7.36. The van der Waals surface area contributed by atoms with E-state index in [9.17, 15) is 19.7 Å². The topological polar surface area (TPSA) is 113 Å². The maximum Gasteiger partial charge on any atom is 0.338 e. The largest absolute Gasteiger partial charge is 0.494 e. The van der Waals surface area contributed by atoms with E-state index >= 15 is 0 Å². The van der Waals surface area contributed by atoms with Gasteiger partial charge in [-0.1, -0.05) is 35.1 Å². The van der Waals surface area contributed by atoms with Gasteiger partial charge in [0.2, 0.25) is 0 Å². The van der Waals surface area contributed by atoms with Crippen molar-refractivity contribution in [3.8, 4) is 5.75 Å². The van der Waals surface area contributed by atoms with Crippen molar-refractivity contribution in [2.75, 3.05) is 13.2 Å². The fourth-order valence-electron chi connectivity index (χ4n) is 3.92. The summed E-state index contributed by atoms with van der Waals surface area (Å²) < 4.78 is 12.5. The van der Waals surface area contributed by atoms with Gasteiger partial charge in [0.15, 0.2) is 4.80 Å². The smallest absolute Gasteiger partial charge is 0.338 e. The second-order valence-corrected chi connectivity index (χ2v) is 9.18. The zero-order chi connectivity index (χ0) is 26.0. The van der Waals surface area contributed by atoms with E-state index in [4.69, 9.17) is 21.1 Å². The van der Waals surface area contributed by atoms with Crippen molar-refractivity contribution in [2.45, 2.75) is 26.8 Å². The lowest BCUT2D eigenvalue weighted by Gasteiger charge is -2.24. The number of carbonyl (C=O) groups is 1. The second kappa shape index (κ2) is 10.5. The Morgan fingerprint density at radius 2 is 1.94 bits per heavy atom. The van der Waals surface area contributed by atoms with E-state index in [1.54, 1.807) is 38.1 Å². The first kappa shape index (κ1) is 25.3. The Hall–Kier alpha value is -3.76. The van der Waals surface area contributed by atoms with Crippen molar-refractivity contribution in [2.24, 2.45) is 4.99 Å². The predicted molar refractivity (Wildman–Crippen MR) is 136 cm³/mol. The lowest BCUT2D eigenvalue weighted by Crippen LogP contribution is -2.39. The number of aromatic nitrogens is 1. The molecule has 2 aromatic carbocycles. The Labute approximate surface area is 214 Å². The highest BCUT2D eigenvalue weighted by atomic mass is 35.5. The number of halogens is 1. The molecule has 1 aliphatic rings. The minimum absolute atomic E-state index is 0.147. The van der Waals surface area contributed by atoms with Crippen LogP contribution in [-0.4, -0.2) is 28.7 Å². The Morgan fingerprint density at radius 1 is 1.22 bits per heavy atom. The van der Waals surface area contributed by atoms with E-state index in [-0.39, 0.29) is 27.4 Å². The first-order valence-corrected chi connectivity index (χ1v) is 12.3. The number of carbonyl (C=O) groups excluding carboxylic acids is 1. The van der Waals surface area contributed by atoms with Crippen LogP contribution in [0.25, 0.3) is 6.08 Å². The van der Waals surface area contributed by atoms with E-state index < -0.39 is 22.5 Å². The zero-order valence-electron chi connectivity index (χ0n) is 19.7. The number of hydrogen-bond acceptors (Lipinski definition) is 8. The molecule has 0 bridgehead atoms. The van der Waals surface area contributed by atoms with Crippen molar-refractivity contribution in [3.05, 3.63) is 99.7 Å². The number of nitro groups is 1. The van der Waals surface area contributed by atoms with Gasteiger partial charge in [-0.2, -0.15) is 0 Å². The molecular weight excluding hydrogens is 506 g/mol. The molecule has 36 heavy (non-hydrogen) atoms. The number of hydrogen-bond donors (Lipinski definition) is 0. The number of rotatable bonds is 7. The lowest BCUT2D eigenvalue weighted by molar-refractivity contribution is -0.384. The van der Waals surface area contributed by atoms with Gasteiger partial charge >= 0.3 is 5.97 Å². The number of benzene rings is 2. The number of ether oxygens (including phenoxy) is 2. The molecule has 0 N–H and O–H groups in total. The van der Waals surface area contributed by atoms with E-state index in [2.05, 4.69) is 4.99 Å². The Balaban J connectivity index is 1.93. The molecule has 0 spiro atoms. The van der Waals surface area contributed by atoms with Crippen molar-refractivity contribution in [1.82, 2.24) is 4.57 Å². The van der Waals surface area contributed by atoms with Crippen molar-refractivity contribution in [3.63, 3.8) is 0 Å². The van der Waals surface area contributed by atoms with Crippen LogP contribution in [0.4, 0.5) is 5.69 Å². The quantitative estimate of drug-likeness (QED) is 0.263. The van der Waals surface area contributed by atoms with E-state index in [1.165, 1.54) is 28.8 Å². The third kappa shape index (κ3) is 4.82. The minimum Gasteiger partial charge on any atom is -0.494 e. The molecule has 0 fully saturated rings. The summed E-state index contributed by atoms with van der Waals surface area (Å²) in [6.07, 6.45) is 1.50. The Kier molecular flexibility index (Phi) is 7.37. The summed E-state index contributed by atoms with van der Waals surface area (Å²) in [6, 6.07) is 10.4. The van der Waals surface area contributed by atoms with Gasteiger partial charge in [0.1, 0.15) is 5.75 Å². The van der Waals surface area contributed by atoms with E-state index in [0.29, 0.717) is 34.0 Å². The number of fused-ring (bicyclic) bond motifs is 1. The molecule has 1 aromatic heterocycles. The zero-order valence-corrected chi connectivity index (χ0v) is 21.3. The number of allylic oxidation sites excluding steroid dienone is 1. The minimum atomic E-state index is -0.779. The van der Waals surface area contributed by atoms with Gasteiger partial charge in [0.25, 0.3) is 11.2 Å². The molecule has 186 valence electrons. The lowest BCUT2D eigenvalue weighted by atomic mass is 9.96. The molecule has 11 heteroatoms. The van der Waals surface area contributed by atoms with Crippen molar-refractivity contribution >= 4 is 40.7 Å². The summed E-state index contributed by atoms with van der Waals surface area (Å²) in [6.45, 7) is 5.95. The van der Waals surface area contributed by atoms with Crippen LogP contribution in [0.1, 0.15) is 37.9 Å². The maximum absolute atomic E-state index is 13.6. The van der Waals surface area contributed by atoms with E-state index in [0.717, 1.165) is 11.3 Å². The van der Waals surface area contributed by atoms with Crippen LogP contribution in [0.3, 0.4) is 0 Å². The molecule has 0 saturated heterocycles. The molecule has 4 rings (SSSR count). The fraction of sp³-hybridized carbons (Fsp3) is 0.240. The highest BCUT2D eigenvalue weighted by Gasteiger charge is 2.33. The summed E-state index contributed by atoms with van der Waals surface area (Å²) in [5, 5.41) is 11.5. The van der Waals surface area contributed by atoms with Gasteiger partial charge in [-0.3, -0.25) is 19.5 Å². The monoisotopic (exact) mass is 527 g/mol. The number of nitro benzene ring substituents is 1. The molecule has 0 unspecified atom stereocenters. The molecule has 0 saturated carbocycles. The van der Waals surface area contributed by atoms with Crippen LogP contribution in [0.5, 0.6) is 5.75 Å². The number of thiazole rings is 1. The molecular formula is C25H22ClN3O6S. The normalized spacial score (nSPS) is 15.3. The number of nitrogens with zero attached hydrogens (tertiary/aromatic N) is 3. The third-order valence-corrected chi connectivity index (χ3v) is 6.83. The molecule has 9 nitrogen and oxygen atoms in total. The van der Waals surface area contributed by atoms with Crippen LogP contribution in [-0.2, 0) is 9.53 Å². The summed E-state index contributed by atoms with van der Waals surface area (Å²) in [5.74, 6) is 0.0981. The highest BCUT2D eigenvalue weighted by Crippen LogP contribution is 2.31. The molecule has 3 aromatic rings. The number of non-ortho nitro benzene ring substituents is 1. The van der Waals surface area contributed by atoms with Crippen molar-refractivity contribution < 1.29 is 19.2 Å². The Morgan fingerprint density at radius 3 is 2.58 bits per heavy atom. The van der Waals surface area contributed by atoms with Crippen molar-refractivity contribution in [1.29, 1.82) is 0 Å². The molecule has 0 amide bonds. The summed E-state index contributed by atoms with van der Waals surface area (Å²) in [5.41, 5.74) is 1.15. The fourth-order valence-corrected chi connectivity index (χ4v) is 5.13. The molecule has 1 atom stereocenters. The van der Waals surface area contributed by atoms with Crippen LogP contribution in [0, 0.1) is 10.1 Å².